The lowest BCUT2D eigenvalue weighted by atomic mass is 10.0. The van der Waals surface area contributed by atoms with Crippen LogP contribution in [-0.4, -0.2) is 19.2 Å². The zero-order valence-electron chi connectivity index (χ0n) is 10.2. The van der Waals surface area contributed by atoms with Crippen LogP contribution in [0.3, 0.4) is 0 Å². The van der Waals surface area contributed by atoms with E-state index in [1.54, 1.807) is 6.08 Å². The van der Waals surface area contributed by atoms with Gasteiger partial charge in [-0.15, -0.1) is 0 Å². The number of hydrogen-bond acceptors (Lipinski definition) is 2. The molecule has 1 aromatic carbocycles. The lowest BCUT2D eigenvalue weighted by Gasteiger charge is -2.12. The molecule has 0 spiro atoms. The molecule has 3 heteroatoms. The minimum absolute atomic E-state index is 0.249. The monoisotopic (exact) mass is 233 g/mol. The molecule has 1 atom stereocenters. The van der Waals surface area contributed by atoms with Crippen molar-refractivity contribution in [1.29, 1.82) is 0 Å². The first kappa shape index (κ1) is 13.3. The number of amides is 1. The van der Waals surface area contributed by atoms with Crippen LogP contribution in [0.4, 0.5) is 4.79 Å². The van der Waals surface area contributed by atoms with Gasteiger partial charge in [0.15, 0.2) is 0 Å². The fourth-order valence-corrected chi connectivity index (χ4v) is 1.53. The van der Waals surface area contributed by atoms with Crippen molar-refractivity contribution in [2.45, 2.75) is 13.3 Å². The smallest absolute Gasteiger partial charge is 0.407 e. The summed E-state index contributed by atoms with van der Waals surface area (Å²) in [4.78, 5) is 11.2. The summed E-state index contributed by atoms with van der Waals surface area (Å²) in [5.41, 5.74) is 1.28. The van der Waals surface area contributed by atoms with E-state index in [1.165, 1.54) is 5.56 Å². The van der Waals surface area contributed by atoms with Crippen LogP contribution in [0.15, 0.2) is 43.0 Å². The molecule has 0 aliphatic rings. The topological polar surface area (TPSA) is 38.3 Å². The molecule has 0 aromatic heterocycles. The molecule has 0 fully saturated rings. The first-order valence-electron chi connectivity index (χ1n) is 5.78. The second kappa shape index (κ2) is 7.49. The van der Waals surface area contributed by atoms with Gasteiger partial charge in [0, 0.05) is 6.54 Å². The van der Waals surface area contributed by atoms with Gasteiger partial charge in [0.05, 0.1) is 0 Å². The highest BCUT2D eigenvalue weighted by atomic mass is 16.5. The zero-order valence-corrected chi connectivity index (χ0v) is 10.2. The van der Waals surface area contributed by atoms with Crippen LogP contribution in [0.25, 0.3) is 0 Å². The van der Waals surface area contributed by atoms with Gasteiger partial charge in [-0.1, -0.05) is 49.9 Å². The molecule has 1 amide bonds. The predicted molar refractivity (Wildman–Crippen MR) is 68.9 cm³/mol. The van der Waals surface area contributed by atoms with Crippen LogP contribution in [0.5, 0.6) is 0 Å². The van der Waals surface area contributed by atoms with Crippen LogP contribution < -0.4 is 5.32 Å². The van der Waals surface area contributed by atoms with Gasteiger partial charge in [-0.05, 0) is 17.9 Å². The molecule has 17 heavy (non-hydrogen) atoms. The van der Waals surface area contributed by atoms with E-state index in [9.17, 15) is 4.79 Å². The van der Waals surface area contributed by atoms with Crippen LogP contribution >= 0.6 is 0 Å². The van der Waals surface area contributed by atoms with E-state index in [4.69, 9.17) is 4.74 Å². The Labute approximate surface area is 102 Å². The lowest BCUT2D eigenvalue weighted by molar-refractivity contribution is 0.157. The van der Waals surface area contributed by atoms with Crippen molar-refractivity contribution < 1.29 is 9.53 Å². The molecule has 1 aromatic rings. The van der Waals surface area contributed by atoms with Gasteiger partial charge < -0.3 is 10.1 Å². The minimum Gasteiger partial charge on any atom is -0.445 e. The van der Waals surface area contributed by atoms with E-state index in [0.29, 0.717) is 12.5 Å². The molecular formula is C14H19NO2. The van der Waals surface area contributed by atoms with Crippen molar-refractivity contribution in [2.75, 3.05) is 13.2 Å². The van der Waals surface area contributed by atoms with Crippen LogP contribution in [0, 0.1) is 5.92 Å². The highest BCUT2D eigenvalue weighted by Crippen LogP contribution is 2.07. The van der Waals surface area contributed by atoms with E-state index in [1.807, 2.05) is 18.2 Å². The van der Waals surface area contributed by atoms with Gasteiger partial charge in [0.25, 0.3) is 0 Å². The van der Waals surface area contributed by atoms with E-state index in [2.05, 4.69) is 31.0 Å². The molecule has 0 aliphatic carbocycles. The predicted octanol–water partition coefficient (Wildman–Crippen LogP) is 2.78. The molecule has 0 radical (unpaired) electrons. The van der Waals surface area contributed by atoms with Crippen molar-refractivity contribution in [3.05, 3.63) is 48.6 Å². The summed E-state index contributed by atoms with van der Waals surface area (Å²) in [6.07, 6.45) is 2.11. The number of rotatable bonds is 6. The molecule has 0 aliphatic heterocycles. The lowest BCUT2D eigenvalue weighted by Crippen LogP contribution is -2.29. The maximum absolute atomic E-state index is 11.2. The van der Waals surface area contributed by atoms with E-state index < -0.39 is 0 Å². The summed E-state index contributed by atoms with van der Waals surface area (Å²) in [6.45, 7) is 6.44. The highest BCUT2D eigenvalue weighted by molar-refractivity contribution is 5.67. The normalized spacial score (nSPS) is 11.6. The van der Waals surface area contributed by atoms with Gasteiger partial charge in [-0.25, -0.2) is 4.79 Å². The van der Waals surface area contributed by atoms with E-state index in [0.717, 1.165) is 6.42 Å². The molecule has 1 rings (SSSR count). The first-order chi connectivity index (χ1) is 8.22. The number of carbonyl (C=O) groups excluding carboxylic acids is 1. The van der Waals surface area contributed by atoms with Crippen LogP contribution in [0.2, 0.25) is 0 Å². The molecule has 0 bridgehead atoms. The maximum atomic E-state index is 11.2. The van der Waals surface area contributed by atoms with Gasteiger partial charge in [0.1, 0.15) is 6.61 Å². The second-order valence-electron chi connectivity index (χ2n) is 4.06. The van der Waals surface area contributed by atoms with Crippen LogP contribution in [0.1, 0.15) is 12.5 Å². The number of hydrogen-bond donors (Lipinski definition) is 1. The summed E-state index contributed by atoms with van der Waals surface area (Å²) in [6, 6.07) is 10.2. The molecule has 0 heterocycles. The highest BCUT2D eigenvalue weighted by Gasteiger charge is 2.06. The summed E-state index contributed by atoms with van der Waals surface area (Å²) in [7, 11) is 0. The van der Waals surface area contributed by atoms with Gasteiger partial charge >= 0.3 is 6.09 Å². The van der Waals surface area contributed by atoms with Crippen LogP contribution in [-0.2, 0) is 11.2 Å². The van der Waals surface area contributed by atoms with Gasteiger partial charge in [-0.2, -0.15) is 0 Å². The first-order valence-corrected chi connectivity index (χ1v) is 5.78. The number of carbonyl (C=O) groups is 1. The average Bonchev–Trinajstić information content (AvgIpc) is 2.35. The summed E-state index contributed by atoms with van der Waals surface area (Å²) in [5, 5.41) is 2.73. The SMILES string of the molecule is C=CCOC(=O)NC[C@@H](C)Cc1ccccc1. The summed E-state index contributed by atoms with van der Waals surface area (Å²) >= 11 is 0. The largest absolute Gasteiger partial charge is 0.445 e. The van der Waals surface area contributed by atoms with Crippen molar-refractivity contribution in [3.8, 4) is 0 Å². The number of ether oxygens (including phenoxy) is 1. The Kier molecular flexibility index (Phi) is 5.86. The molecule has 3 nitrogen and oxygen atoms in total. The third kappa shape index (κ3) is 5.76. The van der Waals surface area contributed by atoms with Crippen molar-refractivity contribution in [3.63, 3.8) is 0 Å². The standard InChI is InChI=1S/C14H19NO2/c1-3-9-17-14(16)15-11-12(2)10-13-7-5-4-6-8-13/h3-8,12H,1,9-11H2,2H3,(H,15,16)/t12-/m0/s1. The Bertz CT molecular complexity index is 348. The third-order valence-electron chi connectivity index (χ3n) is 2.35. The van der Waals surface area contributed by atoms with E-state index in [-0.39, 0.29) is 12.7 Å². The second-order valence-corrected chi connectivity index (χ2v) is 4.06. The molecule has 1 N–H and O–H groups in total. The van der Waals surface area contributed by atoms with Crippen molar-refractivity contribution in [1.82, 2.24) is 5.32 Å². The Morgan fingerprint density at radius 1 is 1.47 bits per heavy atom. The molecule has 0 saturated heterocycles. The number of benzene rings is 1. The summed E-state index contributed by atoms with van der Waals surface area (Å²) < 4.78 is 4.82. The Morgan fingerprint density at radius 3 is 2.82 bits per heavy atom. The van der Waals surface area contributed by atoms with Crippen molar-refractivity contribution >= 4 is 6.09 Å². The van der Waals surface area contributed by atoms with Gasteiger partial charge in [-0.3, -0.25) is 0 Å². The molecule has 0 unspecified atom stereocenters. The quantitative estimate of drug-likeness (QED) is 0.767. The van der Waals surface area contributed by atoms with Crippen molar-refractivity contribution in [2.24, 2.45) is 5.92 Å². The molecular weight excluding hydrogens is 214 g/mol. The maximum Gasteiger partial charge on any atom is 0.407 e. The molecule has 0 saturated carbocycles. The zero-order chi connectivity index (χ0) is 12.5. The molecule has 92 valence electrons. The Hall–Kier alpha value is -1.77. The number of nitrogens with one attached hydrogen (secondary N) is 1. The number of alkyl carbamates (subject to hydrolysis) is 1. The Balaban J connectivity index is 2.23. The summed E-state index contributed by atoms with van der Waals surface area (Å²) in [5.74, 6) is 0.383. The van der Waals surface area contributed by atoms with Gasteiger partial charge in [0.2, 0.25) is 0 Å². The van der Waals surface area contributed by atoms with E-state index >= 15 is 0 Å². The minimum atomic E-state index is -0.384. The average molecular weight is 233 g/mol. The Morgan fingerprint density at radius 2 is 2.18 bits per heavy atom. The fourth-order valence-electron chi connectivity index (χ4n) is 1.53. The fraction of sp³-hybridized carbons (Fsp3) is 0.357. The third-order valence-corrected chi connectivity index (χ3v) is 2.35.